The van der Waals surface area contributed by atoms with Crippen molar-refractivity contribution in [1.29, 1.82) is 0 Å². The highest BCUT2D eigenvalue weighted by atomic mass is 16.5. The molecule has 1 aromatic heterocycles. The van der Waals surface area contributed by atoms with Crippen LogP contribution in [0.15, 0.2) is 42.5 Å². The number of benzene rings is 2. The minimum absolute atomic E-state index is 0.0759. The lowest BCUT2D eigenvalue weighted by Gasteiger charge is -2.30. The number of ketones is 1. The molecule has 2 aromatic carbocycles. The predicted molar refractivity (Wildman–Crippen MR) is 124 cm³/mol. The van der Waals surface area contributed by atoms with Gasteiger partial charge in [0.15, 0.2) is 5.78 Å². The van der Waals surface area contributed by atoms with Gasteiger partial charge in [-0.2, -0.15) is 4.98 Å². The minimum Gasteiger partial charge on any atom is -0.497 e. The van der Waals surface area contributed by atoms with Crippen LogP contribution in [0.25, 0.3) is 0 Å². The first-order chi connectivity index (χ1) is 14.8. The smallest absolute Gasteiger partial charge is 0.229 e. The van der Waals surface area contributed by atoms with E-state index in [0.717, 1.165) is 28.4 Å². The number of ether oxygens (including phenoxy) is 1. The third kappa shape index (κ3) is 4.38. The molecule has 0 radical (unpaired) electrons. The van der Waals surface area contributed by atoms with Gasteiger partial charge in [0, 0.05) is 23.9 Å². The molecule has 6 heteroatoms. The van der Waals surface area contributed by atoms with E-state index in [1.54, 1.807) is 7.11 Å². The second-order valence-electron chi connectivity index (χ2n) is 8.89. The molecule has 0 atom stereocenters. The second-order valence-corrected chi connectivity index (χ2v) is 8.89. The third-order valence-electron chi connectivity index (χ3n) is 5.73. The number of aromatic nitrogens is 2. The second kappa shape index (κ2) is 8.02. The van der Waals surface area contributed by atoms with Gasteiger partial charge in [-0.1, -0.05) is 32.0 Å². The summed E-state index contributed by atoms with van der Waals surface area (Å²) in [5, 5.41) is 6.68. The van der Waals surface area contributed by atoms with E-state index in [2.05, 4.69) is 44.4 Å². The van der Waals surface area contributed by atoms with Crippen LogP contribution in [0.3, 0.4) is 0 Å². The van der Waals surface area contributed by atoms with E-state index in [1.165, 1.54) is 5.56 Å². The first kappa shape index (κ1) is 20.8. The van der Waals surface area contributed by atoms with Crippen LogP contribution in [-0.4, -0.2) is 22.9 Å². The molecular weight excluding hydrogens is 388 g/mol. The number of hydrogen-bond acceptors (Lipinski definition) is 6. The number of rotatable bonds is 5. The highest BCUT2D eigenvalue weighted by Crippen LogP contribution is 2.38. The highest BCUT2D eigenvalue weighted by molar-refractivity contribution is 6.03. The summed E-state index contributed by atoms with van der Waals surface area (Å²) in [6, 6.07) is 13.7. The Labute approximate surface area is 183 Å². The van der Waals surface area contributed by atoms with Crippen LogP contribution in [0.4, 0.5) is 23.1 Å². The van der Waals surface area contributed by atoms with Crippen LogP contribution >= 0.6 is 0 Å². The number of nitrogens with zero attached hydrogens (tertiary/aromatic N) is 2. The Bertz CT molecular complexity index is 1150. The number of nitrogens with one attached hydrogen (secondary N) is 2. The molecule has 1 aliphatic carbocycles. The molecule has 3 aromatic rings. The van der Waals surface area contributed by atoms with Crippen molar-refractivity contribution in [2.75, 3.05) is 17.7 Å². The Balaban J connectivity index is 1.79. The van der Waals surface area contributed by atoms with Gasteiger partial charge in [-0.3, -0.25) is 4.79 Å². The molecule has 1 aliphatic rings. The third-order valence-corrected chi connectivity index (χ3v) is 5.73. The highest BCUT2D eigenvalue weighted by Gasteiger charge is 2.35. The molecule has 0 amide bonds. The van der Waals surface area contributed by atoms with Gasteiger partial charge in [0.05, 0.1) is 18.4 Å². The van der Waals surface area contributed by atoms with Crippen molar-refractivity contribution in [2.24, 2.45) is 5.41 Å². The van der Waals surface area contributed by atoms with Gasteiger partial charge in [-0.25, -0.2) is 4.98 Å². The normalized spacial score (nSPS) is 14.7. The van der Waals surface area contributed by atoms with Crippen LogP contribution in [0.2, 0.25) is 0 Å². The zero-order valence-corrected chi connectivity index (χ0v) is 18.7. The number of anilines is 4. The lowest BCUT2D eigenvalue weighted by Crippen LogP contribution is -2.29. The molecule has 0 saturated carbocycles. The summed E-state index contributed by atoms with van der Waals surface area (Å²) < 4.78 is 5.31. The number of fused-ring (bicyclic) bond motifs is 1. The minimum atomic E-state index is -0.137. The Kier molecular flexibility index (Phi) is 5.39. The topological polar surface area (TPSA) is 76.1 Å². The maximum atomic E-state index is 13.1. The van der Waals surface area contributed by atoms with Gasteiger partial charge in [0.2, 0.25) is 5.95 Å². The molecule has 160 valence electrons. The number of aryl methyl sites for hydroxylation is 1. The van der Waals surface area contributed by atoms with E-state index in [9.17, 15) is 4.79 Å². The molecule has 0 unspecified atom stereocenters. The van der Waals surface area contributed by atoms with E-state index in [-0.39, 0.29) is 11.2 Å². The number of carbonyl (C=O) groups is 1. The van der Waals surface area contributed by atoms with E-state index >= 15 is 0 Å². The Morgan fingerprint density at radius 2 is 1.77 bits per heavy atom. The maximum absolute atomic E-state index is 13.1. The fourth-order valence-corrected chi connectivity index (χ4v) is 3.96. The number of methoxy groups -OCH3 is 1. The number of hydrogen-bond donors (Lipinski definition) is 2. The summed E-state index contributed by atoms with van der Waals surface area (Å²) in [4.78, 5) is 22.5. The van der Waals surface area contributed by atoms with Crippen molar-refractivity contribution < 1.29 is 9.53 Å². The maximum Gasteiger partial charge on any atom is 0.229 e. The summed E-state index contributed by atoms with van der Waals surface area (Å²) in [5.74, 6) is 1.81. The molecule has 4 rings (SSSR count). The summed E-state index contributed by atoms with van der Waals surface area (Å²) >= 11 is 0. The van der Waals surface area contributed by atoms with Crippen molar-refractivity contribution in [1.82, 2.24) is 9.97 Å². The van der Waals surface area contributed by atoms with E-state index in [1.807, 2.05) is 36.4 Å². The molecule has 0 bridgehead atoms. The summed E-state index contributed by atoms with van der Waals surface area (Å²) in [7, 11) is 1.63. The van der Waals surface area contributed by atoms with Gasteiger partial charge in [-0.15, -0.1) is 0 Å². The van der Waals surface area contributed by atoms with Crippen LogP contribution in [0.5, 0.6) is 5.75 Å². The largest absolute Gasteiger partial charge is 0.497 e. The Morgan fingerprint density at radius 3 is 2.55 bits per heavy atom. The molecule has 6 nitrogen and oxygen atoms in total. The molecular formula is C25H28N4O2. The van der Waals surface area contributed by atoms with Gasteiger partial charge < -0.3 is 15.4 Å². The SMILES string of the molecule is COc1cccc(Nc2nc3c(c(Nc4cccc(C)c4C)n2)C(=O)CC(C)(C)C3)c1. The molecule has 0 aliphatic heterocycles. The van der Waals surface area contributed by atoms with Crippen molar-refractivity contribution in [2.45, 2.75) is 40.5 Å². The van der Waals surface area contributed by atoms with Crippen molar-refractivity contribution in [3.63, 3.8) is 0 Å². The van der Waals surface area contributed by atoms with Crippen molar-refractivity contribution in [3.8, 4) is 5.75 Å². The Morgan fingerprint density at radius 1 is 1.00 bits per heavy atom. The van der Waals surface area contributed by atoms with Gasteiger partial charge in [-0.05, 0) is 55.0 Å². The van der Waals surface area contributed by atoms with Gasteiger partial charge in [0.1, 0.15) is 11.6 Å². The van der Waals surface area contributed by atoms with Crippen LogP contribution in [0.1, 0.15) is 47.4 Å². The molecule has 31 heavy (non-hydrogen) atoms. The molecule has 2 N–H and O–H groups in total. The quantitative estimate of drug-likeness (QED) is 0.552. The average Bonchev–Trinajstić information content (AvgIpc) is 2.70. The number of carbonyl (C=O) groups excluding carboxylic acids is 1. The zero-order valence-electron chi connectivity index (χ0n) is 18.7. The monoisotopic (exact) mass is 416 g/mol. The lowest BCUT2D eigenvalue weighted by atomic mass is 9.75. The molecule has 1 heterocycles. The molecule has 0 fully saturated rings. The van der Waals surface area contributed by atoms with Gasteiger partial charge in [0.25, 0.3) is 0 Å². The van der Waals surface area contributed by atoms with Crippen LogP contribution in [0, 0.1) is 19.3 Å². The van der Waals surface area contributed by atoms with Gasteiger partial charge >= 0.3 is 0 Å². The van der Waals surface area contributed by atoms with Crippen molar-refractivity contribution in [3.05, 3.63) is 64.8 Å². The summed E-state index contributed by atoms with van der Waals surface area (Å²) in [5.41, 5.74) is 5.29. The fourth-order valence-electron chi connectivity index (χ4n) is 3.96. The molecule has 0 saturated heterocycles. The molecule has 0 spiro atoms. The first-order valence-electron chi connectivity index (χ1n) is 10.4. The van der Waals surface area contributed by atoms with Crippen molar-refractivity contribution >= 4 is 28.9 Å². The summed E-state index contributed by atoms with van der Waals surface area (Å²) in [6.45, 7) is 8.33. The van der Waals surface area contributed by atoms with Crippen LogP contribution in [-0.2, 0) is 6.42 Å². The Hall–Kier alpha value is -3.41. The summed E-state index contributed by atoms with van der Waals surface area (Å²) in [6.07, 6.45) is 1.19. The predicted octanol–water partition coefficient (Wildman–Crippen LogP) is 5.74. The first-order valence-corrected chi connectivity index (χ1v) is 10.4. The van der Waals surface area contributed by atoms with E-state index in [0.29, 0.717) is 30.2 Å². The standard InChI is InChI=1S/C25H28N4O2/c1-15-8-6-11-19(16(15)2)27-23-22-20(13-25(3,4)14-21(22)30)28-24(29-23)26-17-9-7-10-18(12-17)31-5/h6-12H,13-14H2,1-5H3,(H2,26,27,28,29). The van der Waals surface area contributed by atoms with Crippen LogP contribution < -0.4 is 15.4 Å². The average molecular weight is 417 g/mol. The van der Waals surface area contributed by atoms with E-state index in [4.69, 9.17) is 14.7 Å². The number of Topliss-reactive ketones (excluding diaryl/α,β-unsaturated/α-hetero) is 1. The zero-order chi connectivity index (χ0) is 22.2. The van der Waals surface area contributed by atoms with E-state index < -0.39 is 0 Å². The lowest BCUT2D eigenvalue weighted by molar-refractivity contribution is 0.0911. The fraction of sp³-hybridized carbons (Fsp3) is 0.320.